The fourth-order valence-electron chi connectivity index (χ4n) is 2.99. The van der Waals surface area contributed by atoms with Crippen LogP contribution in [-0.4, -0.2) is 21.0 Å². The Kier molecular flexibility index (Phi) is 5.19. The molecule has 1 amide bonds. The number of benzene rings is 2. The van der Waals surface area contributed by atoms with Crippen LogP contribution in [0.25, 0.3) is 34.1 Å². The Morgan fingerprint density at radius 3 is 2.65 bits per heavy atom. The van der Waals surface area contributed by atoms with Gasteiger partial charge < -0.3 is 14.3 Å². The Labute approximate surface area is 188 Å². The van der Waals surface area contributed by atoms with Crippen LogP contribution in [0.1, 0.15) is 10.6 Å². The Bertz CT molecular complexity index is 1360. The van der Waals surface area contributed by atoms with Gasteiger partial charge in [-0.1, -0.05) is 29.4 Å². The Morgan fingerprint density at radius 1 is 1.00 bits per heavy atom. The average molecular weight is 493 g/mol. The first-order valence-electron chi connectivity index (χ1n) is 9.15. The van der Waals surface area contributed by atoms with Crippen LogP contribution < -0.4 is 5.32 Å². The second-order valence-corrected chi connectivity index (χ2v) is 8.02. The fourth-order valence-corrected chi connectivity index (χ4v) is 3.86. The van der Waals surface area contributed by atoms with Crippen molar-refractivity contribution in [1.29, 1.82) is 0 Å². The number of aromatic nitrogens is 3. The van der Waals surface area contributed by atoms with Gasteiger partial charge in [0.05, 0.1) is 11.2 Å². The molecule has 2 aromatic carbocycles. The molecule has 0 fully saturated rings. The molecule has 31 heavy (non-hydrogen) atoms. The molecule has 0 unspecified atom stereocenters. The van der Waals surface area contributed by atoms with Crippen molar-refractivity contribution in [3.05, 3.63) is 82.0 Å². The van der Waals surface area contributed by atoms with Crippen LogP contribution in [0.3, 0.4) is 0 Å². The van der Waals surface area contributed by atoms with E-state index in [9.17, 15) is 4.79 Å². The van der Waals surface area contributed by atoms with Crippen LogP contribution in [0.15, 0.2) is 85.2 Å². The predicted octanol–water partition coefficient (Wildman–Crippen LogP) is 6.13. The van der Waals surface area contributed by atoms with Crippen LogP contribution in [0.4, 0.5) is 5.69 Å². The zero-order chi connectivity index (χ0) is 21.2. The number of halogens is 1. The van der Waals surface area contributed by atoms with Gasteiger partial charge in [-0.25, -0.2) is 4.98 Å². The Balaban J connectivity index is 1.38. The Hall–Kier alpha value is -3.56. The number of furan rings is 1. The van der Waals surface area contributed by atoms with Crippen molar-refractivity contribution >= 4 is 38.9 Å². The molecule has 0 saturated carbocycles. The quantitative estimate of drug-likeness (QED) is 0.316. The number of nitrogens with one attached hydrogen (secondary N) is 1. The van der Waals surface area contributed by atoms with E-state index in [0.717, 1.165) is 16.8 Å². The molecule has 0 radical (unpaired) electrons. The number of carbonyl (C=O) groups is 1. The van der Waals surface area contributed by atoms with Gasteiger partial charge in [-0.2, -0.15) is 4.98 Å². The van der Waals surface area contributed by atoms with E-state index in [4.69, 9.17) is 8.94 Å². The zero-order valence-corrected chi connectivity index (χ0v) is 18.2. The van der Waals surface area contributed by atoms with Crippen molar-refractivity contribution < 1.29 is 13.7 Å². The molecule has 0 aliphatic heterocycles. The highest BCUT2D eigenvalue weighted by Gasteiger charge is 2.14. The first-order valence-corrected chi connectivity index (χ1v) is 10.9. The van der Waals surface area contributed by atoms with E-state index in [2.05, 4.69) is 36.4 Å². The number of hydrogen-bond acceptors (Lipinski definition) is 7. The number of anilines is 1. The third-order valence-corrected chi connectivity index (χ3v) is 5.45. The van der Waals surface area contributed by atoms with Gasteiger partial charge in [-0.15, -0.1) is 11.3 Å². The summed E-state index contributed by atoms with van der Waals surface area (Å²) in [6.07, 6.45) is 0. The third kappa shape index (κ3) is 4.18. The first-order chi connectivity index (χ1) is 15.2. The lowest BCUT2D eigenvalue weighted by Crippen LogP contribution is -2.10. The summed E-state index contributed by atoms with van der Waals surface area (Å²) in [5.74, 6) is 0.679. The molecular weight excluding hydrogens is 480 g/mol. The molecule has 5 aromatic rings. The van der Waals surface area contributed by atoms with Gasteiger partial charge in [0.25, 0.3) is 11.8 Å². The van der Waals surface area contributed by atoms with E-state index in [1.807, 2.05) is 35.7 Å². The molecule has 0 atom stereocenters. The standard InChI is InChI=1S/C22H13BrN4O3S/c23-19-8-7-18(29-19)21(28)25-16-6-2-5-15(10-16)22-26-20(27-30-22)14-4-1-3-13(9-14)17-11-31-12-24-17/h1-12H,(H,25,28). The summed E-state index contributed by atoms with van der Waals surface area (Å²) >= 11 is 4.73. The number of carbonyl (C=O) groups excluding carboxylic acids is 1. The first kappa shape index (κ1) is 19.4. The fraction of sp³-hybridized carbons (Fsp3) is 0. The van der Waals surface area contributed by atoms with Crippen molar-refractivity contribution in [3.8, 4) is 34.1 Å². The van der Waals surface area contributed by atoms with Crippen LogP contribution >= 0.6 is 27.3 Å². The van der Waals surface area contributed by atoms with E-state index in [1.54, 1.807) is 47.2 Å². The summed E-state index contributed by atoms with van der Waals surface area (Å²) < 4.78 is 11.2. The van der Waals surface area contributed by atoms with Crippen LogP contribution in [0, 0.1) is 0 Å². The monoisotopic (exact) mass is 492 g/mol. The van der Waals surface area contributed by atoms with Gasteiger partial charge in [0.1, 0.15) is 0 Å². The number of rotatable bonds is 5. The maximum atomic E-state index is 12.3. The highest BCUT2D eigenvalue weighted by molar-refractivity contribution is 9.10. The van der Waals surface area contributed by atoms with Crippen LogP contribution in [-0.2, 0) is 0 Å². The summed E-state index contributed by atoms with van der Waals surface area (Å²) in [5, 5.41) is 8.90. The minimum Gasteiger partial charge on any atom is -0.444 e. The molecule has 0 aliphatic carbocycles. The minimum absolute atomic E-state index is 0.206. The van der Waals surface area contributed by atoms with Crippen molar-refractivity contribution in [2.45, 2.75) is 0 Å². The van der Waals surface area contributed by atoms with Crippen molar-refractivity contribution in [2.75, 3.05) is 5.32 Å². The molecular formula is C22H13BrN4O3S. The molecule has 3 heterocycles. The molecule has 0 saturated heterocycles. The number of amides is 1. The molecule has 0 bridgehead atoms. The smallest absolute Gasteiger partial charge is 0.291 e. The van der Waals surface area contributed by atoms with Gasteiger partial charge in [-0.05, 0) is 52.3 Å². The lowest BCUT2D eigenvalue weighted by Gasteiger charge is -2.04. The van der Waals surface area contributed by atoms with Crippen molar-refractivity contribution in [2.24, 2.45) is 0 Å². The van der Waals surface area contributed by atoms with Gasteiger partial charge >= 0.3 is 0 Å². The van der Waals surface area contributed by atoms with Crippen LogP contribution in [0.2, 0.25) is 0 Å². The summed E-state index contributed by atoms with van der Waals surface area (Å²) in [7, 11) is 0. The second kappa shape index (κ2) is 8.29. The topological polar surface area (TPSA) is 94.1 Å². The summed E-state index contributed by atoms with van der Waals surface area (Å²) in [4.78, 5) is 21.2. The molecule has 0 spiro atoms. The maximum Gasteiger partial charge on any atom is 0.291 e. The molecule has 3 aromatic heterocycles. The van der Waals surface area contributed by atoms with Gasteiger partial charge in [-0.3, -0.25) is 4.79 Å². The highest BCUT2D eigenvalue weighted by Crippen LogP contribution is 2.28. The van der Waals surface area contributed by atoms with Gasteiger partial charge in [0.15, 0.2) is 10.4 Å². The zero-order valence-electron chi connectivity index (χ0n) is 15.8. The van der Waals surface area contributed by atoms with Crippen molar-refractivity contribution in [1.82, 2.24) is 15.1 Å². The SMILES string of the molecule is O=C(Nc1cccc(-c2nc(-c3cccc(-c4cscn4)c3)no2)c1)c1ccc(Br)o1. The lowest BCUT2D eigenvalue weighted by atomic mass is 10.1. The largest absolute Gasteiger partial charge is 0.444 e. The van der Waals surface area contributed by atoms with E-state index in [1.165, 1.54) is 0 Å². The van der Waals surface area contributed by atoms with Gasteiger partial charge in [0.2, 0.25) is 5.82 Å². The molecule has 152 valence electrons. The van der Waals surface area contributed by atoms with E-state index in [0.29, 0.717) is 27.6 Å². The van der Waals surface area contributed by atoms with E-state index >= 15 is 0 Å². The molecule has 5 rings (SSSR count). The third-order valence-electron chi connectivity index (χ3n) is 4.44. The molecule has 7 nitrogen and oxygen atoms in total. The number of thiazole rings is 1. The second-order valence-electron chi connectivity index (χ2n) is 6.52. The van der Waals surface area contributed by atoms with E-state index in [-0.39, 0.29) is 11.7 Å². The van der Waals surface area contributed by atoms with Crippen molar-refractivity contribution in [3.63, 3.8) is 0 Å². The summed E-state index contributed by atoms with van der Waals surface area (Å²) in [5.41, 5.74) is 5.79. The lowest BCUT2D eigenvalue weighted by molar-refractivity contribution is 0.0995. The van der Waals surface area contributed by atoms with E-state index < -0.39 is 0 Å². The molecule has 0 aliphatic rings. The molecule has 9 heteroatoms. The number of nitrogens with zero attached hydrogens (tertiary/aromatic N) is 3. The minimum atomic E-state index is -0.354. The summed E-state index contributed by atoms with van der Waals surface area (Å²) in [6, 6.07) is 18.2. The van der Waals surface area contributed by atoms with Gasteiger partial charge in [0, 0.05) is 27.8 Å². The number of hydrogen-bond donors (Lipinski definition) is 1. The molecule has 1 N–H and O–H groups in total. The predicted molar refractivity (Wildman–Crippen MR) is 121 cm³/mol. The normalized spacial score (nSPS) is 10.9. The maximum absolute atomic E-state index is 12.3. The Morgan fingerprint density at radius 2 is 1.84 bits per heavy atom. The summed E-state index contributed by atoms with van der Waals surface area (Å²) in [6.45, 7) is 0. The average Bonchev–Trinajstić information content (AvgIpc) is 3.55. The highest BCUT2D eigenvalue weighted by atomic mass is 79.9. The van der Waals surface area contributed by atoms with Crippen LogP contribution in [0.5, 0.6) is 0 Å².